The minimum Gasteiger partial charge on any atom is -0.320 e. The molecule has 1 rings (SSSR count). The highest BCUT2D eigenvalue weighted by atomic mass is 79.9. The molecule has 1 heterocycles. The van der Waals surface area contributed by atoms with Crippen LogP contribution in [0.25, 0.3) is 0 Å². The third-order valence-corrected chi connectivity index (χ3v) is 3.51. The first-order chi connectivity index (χ1) is 5.34. The molecule has 0 bridgehead atoms. The molecule has 1 nitrogen and oxygen atoms in total. The molecule has 1 N–H and O–H groups in total. The van der Waals surface area contributed by atoms with E-state index in [1.165, 1.54) is 22.2 Å². The van der Waals surface area contributed by atoms with E-state index < -0.39 is 0 Å². The lowest BCUT2D eigenvalue weighted by Crippen LogP contribution is -2.07. The highest BCUT2D eigenvalue weighted by Crippen LogP contribution is 2.23. The van der Waals surface area contributed by atoms with Crippen molar-refractivity contribution in [2.75, 3.05) is 13.6 Å². The molecule has 0 aliphatic carbocycles. The largest absolute Gasteiger partial charge is 0.320 e. The molecule has 1 aromatic rings. The molecule has 0 radical (unpaired) electrons. The Hall–Kier alpha value is 0.140. The van der Waals surface area contributed by atoms with Gasteiger partial charge < -0.3 is 5.32 Å². The lowest BCUT2D eigenvalue weighted by molar-refractivity contribution is 0.728. The van der Waals surface area contributed by atoms with E-state index in [2.05, 4.69) is 32.7 Å². The maximum absolute atomic E-state index is 3.51. The summed E-state index contributed by atoms with van der Waals surface area (Å²) in [4.78, 5) is 1.46. The molecule has 0 unspecified atom stereocenters. The van der Waals surface area contributed by atoms with Crippen molar-refractivity contribution in [3.05, 3.63) is 20.8 Å². The van der Waals surface area contributed by atoms with Crippen molar-refractivity contribution in [1.29, 1.82) is 0 Å². The van der Waals surface area contributed by atoms with Gasteiger partial charge in [0, 0.05) is 9.35 Å². The van der Waals surface area contributed by atoms with Gasteiger partial charge >= 0.3 is 0 Å². The molecule has 1 aromatic heterocycles. The number of hydrogen-bond acceptors (Lipinski definition) is 2. The number of hydrogen-bond donors (Lipinski definition) is 1. The molecule has 0 amide bonds. The van der Waals surface area contributed by atoms with Gasteiger partial charge in [-0.05, 0) is 53.8 Å². The Bertz CT molecular complexity index is 210. The molecule has 0 spiro atoms. The first-order valence-corrected chi connectivity index (χ1v) is 5.38. The Labute approximate surface area is 79.9 Å². The first kappa shape index (κ1) is 9.23. The van der Waals surface area contributed by atoms with E-state index in [0.717, 1.165) is 6.54 Å². The van der Waals surface area contributed by atoms with Gasteiger partial charge in [-0.1, -0.05) is 0 Å². The third kappa shape index (κ3) is 2.93. The normalized spacial score (nSPS) is 10.4. The monoisotopic (exact) mass is 233 g/mol. The summed E-state index contributed by atoms with van der Waals surface area (Å²) < 4.78 is 1.26. The van der Waals surface area contributed by atoms with Crippen LogP contribution in [0.3, 0.4) is 0 Å². The van der Waals surface area contributed by atoms with Gasteiger partial charge in [0.25, 0.3) is 0 Å². The fourth-order valence-corrected chi connectivity index (χ4v) is 2.53. The standard InChI is InChI=1S/C8H12BrNS/c1-10-5-2-3-8-7(9)4-6-11-8/h4,6,10H,2-3,5H2,1H3. The summed E-state index contributed by atoms with van der Waals surface area (Å²) in [6.07, 6.45) is 2.40. The van der Waals surface area contributed by atoms with Crippen LogP contribution in [-0.4, -0.2) is 13.6 Å². The van der Waals surface area contributed by atoms with Crippen LogP contribution < -0.4 is 5.32 Å². The molecule has 0 fully saturated rings. The highest BCUT2D eigenvalue weighted by Gasteiger charge is 1.99. The van der Waals surface area contributed by atoms with Crippen LogP contribution >= 0.6 is 27.3 Å². The minimum absolute atomic E-state index is 1.10. The van der Waals surface area contributed by atoms with Gasteiger partial charge in [0.2, 0.25) is 0 Å². The number of halogens is 1. The van der Waals surface area contributed by atoms with Crippen LogP contribution in [0.1, 0.15) is 11.3 Å². The average molecular weight is 234 g/mol. The summed E-state index contributed by atoms with van der Waals surface area (Å²) in [7, 11) is 1.99. The molecule has 0 aromatic carbocycles. The summed E-state index contributed by atoms with van der Waals surface area (Å²) in [5.41, 5.74) is 0. The van der Waals surface area contributed by atoms with Crippen LogP contribution in [0.15, 0.2) is 15.9 Å². The van der Waals surface area contributed by atoms with Gasteiger partial charge in [0.05, 0.1) is 0 Å². The van der Waals surface area contributed by atoms with Crippen molar-refractivity contribution >= 4 is 27.3 Å². The van der Waals surface area contributed by atoms with E-state index >= 15 is 0 Å². The van der Waals surface area contributed by atoms with Gasteiger partial charge in [0.1, 0.15) is 0 Å². The van der Waals surface area contributed by atoms with Gasteiger partial charge in [-0.2, -0.15) is 0 Å². The first-order valence-electron chi connectivity index (χ1n) is 3.71. The maximum atomic E-state index is 3.51. The lowest BCUT2D eigenvalue weighted by atomic mass is 10.3. The van der Waals surface area contributed by atoms with Crippen LogP contribution in [0.5, 0.6) is 0 Å². The van der Waals surface area contributed by atoms with Crippen LogP contribution in [-0.2, 0) is 6.42 Å². The number of aryl methyl sites for hydroxylation is 1. The molecule has 0 atom stereocenters. The number of nitrogens with one attached hydrogen (secondary N) is 1. The van der Waals surface area contributed by atoms with Crippen LogP contribution in [0, 0.1) is 0 Å². The predicted octanol–water partition coefficient (Wildman–Crippen LogP) is 2.66. The molecular formula is C8H12BrNS. The van der Waals surface area contributed by atoms with E-state index in [1.807, 2.05) is 18.4 Å². The van der Waals surface area contributed by atoms with Crippen LogP contribution in [0.2, 0.25) is 0 Å². The quantitative estimate of drug-likeness (QED) is 0.790. The minimum atomic E-state index is 1.10. The van der Waals surface area contributed by atoms with E-state index in [0.29, 0.717) is 0 Å². The van der Waals surface area contributed by atoms with Gasteiger partial charge in [-0.3, -0.25) is 0 Å². The SMILES string of the molecule is CNCCCc1sccc1Br. The fourth-order valence-electron chi connectivity index (χ4n) is 0.929. The average Bonchev–Trinajstić information content (AvgIpc) is 2.37. The Morgan fingerprint density at radius 1 is 1.64 bits per heavy atom. The highest BCUT2D eigenvalue weighted by molar-refractivity contribution is 9.10. The maximum Gasteiger partial charge on any atom is 0.0314 e. The molecule has 0 aliphatic heterocycles. The van der Waals surface area contributed by atoms with Crippen LogP contribution in [0.4, 0.5) is 0 Å². The fraction of sp³-hybridized carbons (Fsp3) is 0.500. The molecule has 3 heteroatoms. The number of thiophene rings is 1. The van der Waals surface area contributed by atoms with Crippen molar-refractivity contribution in [3.63, 3.8) is 0 Å². The lowest BCUT2D eigenvalue weighted by Gasteiger charge is -1.97. The Kier molecular flexibility index (Phi) is 4.12. The third-order valence-electron chi connectivity index (χ3n) is 1.52. The summed E-state index contributed by atoms with van der Waals surface area (Å²) in [6.45, 7) is 1.10. The summed E-state index contributed by atoms with van der Waals surface area (Å²) in [6, 6.07) is 2.11. The Balaban J connectivity index is 2.32. The Morgan fingerprint density at radius 3 is 3.00 bits per heavy atom. The molecule has 0 saturated heterocycles. The summed E-state index contributed by atoms with van der Waals surface area (Å²) in [5.74, 6) is 0. The Morgan fingerprint density at radius 2 is 2.45 bits per heavy atom. The zero-order chi connectivity index (χ0) is 8.10. The summed E-state index contributed by atoms with van der Waals surface area (Å²) >= 11 is 5.33. The van der Waals surface area contributed by atoms with Gasteiger partial charge in [-0.15, -0.1) is 11.3 Å². The van der Waals surface area contributed by atoms with Crippen molar-refractivity contribution in [1.82, 2.24) is 5.32 Å². The van der Waals surface area contributed by atoms with Gasteiger partial charge in [-0.25, -0.2) is 0 Å². The molecule has 62 valence electrons. The van der Waals surface area contributed by atoms with E-state index in [1.54, 1.807) is 0 Å². The van der Waals surface area contributed by atoms with Crippen molar-refractivity contribution < 1.29 is 0 Å². The second-order valence-corrected chi connectivity index (χ2v) is 4.25. The van der Waals surface area contributed by atoms with E-state index in [9.17, 15) is 0 Å². The van der Waals surface area contributed by atoms with Crippen molar-refractivity contribution in [2.24, 2.45) is 0 Å². The second kappa shape index (κ2) is 4.91. The smallest absolute Gasteiger partial charge is 0.0314 e. The zero-order valence-electron chi connectivity index (χ0n) is 6.56. The summed E-state index contributed by atoms with van der Waals surface area (Å²) in [5, 5.41) is 5.26. The zero-order valence-corrected chi connectivity index (χ0v) is 8.96. The molecule has 0 aliphatic rings. The van der Waals surface area contributed by atoms with E-state index in [-0.39, 0.29) is 0 Å². The molecular weight excluding hydrogens is 222 g/mol. The molecule has 0 saturated carbocycles. The predicted molar refractivity (Wildman–Crippen MR) is 54.3 cm³/mol. The van der Waals surface area contributed by atoms with Crippen molar-refractivity contribution in [2.45, 2.75) is 12.8 Å². The van der Waals surface area contributed by atoms with Crippen molar-refractivity contribution in [3.8, 4) is 0 Å². The second-order valence-electron chi connectivity index (χ2n) is 2.40. The van der Waals surface area contributed by atoms with Gasteiger partial charge in [0.15, 0.2) is 0 Å². The molecule has 11 heavy (non-hydrogen) atoms. The van der Waals surface area contributed by atoms with E-state index in [4.69, 9.17) is 0 Å². The topological polar surface area (TPSA) is 12.0 Å². The number of rotatable bonds is 4.